The van der Waals surface area contributed by atoms with Gasteiger partial charge in [0.15, 0.2) is 5.78 Å². The van der Waals surface area contributed by atoms with E-state index in [1.54, 1.807) is 18.6 Å². The van der Waals surface area contributed by atoms with Crippen molar-refractivity contribution in [1.29, 1.82) is 0 Å². The van der Waals surface area contributed by atoms with Gasteiger partial charge in [-0.25, -0.2) is 4.79 Å². The lowest BCUT2D eigenvalue weighted by molar-refractivity contribution is -0.133. The van der Waals surface area contributed by atoms with Crippen molar-refractivity contribution >= 4 is 11.8 Å². The van der Waals surface area contributed by atoms with Gasteiger partial charge in [-0.3, -0.25) is 4.79 Å². The number of aryl methyl sites for hydroxylation is 1. The second kappa shape index (κ2) is 7.65. The van der Waals surface area contributed by atoms with E-state index in [0.29, 0.717) is 24.8 Å². The van der Waals surface area contributed by atoms with Gasteiger partial charge in [0.25, 0.3) is 0 Å². The summed E-state index contributed by atoms with van der Waals surface area (Å²) in [4.78, 5) is 23.2. The van der Waals surface area contributed by atoms with Crippen molar-refractivity contribution in [1.82, 2.24) is 0 Å². The summed E-state index contributed by atoms with van der Waals surface area (Å²) in [5, 5.41) is 9.44. The molecule has 1 aliphatic rings. The zero-order valence-corrected chi connectivity index (χ0v) is 14.7. The Bertz CT molecular complexity index is 647. The molecule has 0 amide bonds. The number of carbonyl (C=O) groups is 2. The number of ketones is 1. The van der Waals surface area contributed by atoms with Crippen molar-refractivity contribution in [2.45, 2.75) is 52.9 Å². The lowest BCUT2D eigenvalue weighted by Gasteiger charge is -2.37. The number of carbonyl (C=O) groups excluding carboxylic acids is 1. The van der Waals surface area contributed by atoms with Gasteiger partial charge in [-0.05, 0) is 61.6 Å². The molecule has 0 radical (unpaired) electrons. The lowest BCUT2D eigenvalue weighted by atomic mass is 9.66. The van der Waals surface area contributed by atoms with Crippen LogP contribution in [0.25, 0.3) is 0 Å². The highest BCUT2D eigenvalue weighted by Crippen LogP contribution is 2.42. The fourth-order valence-corrected chi connectivity index (χ4v) is 3.66. The highest BCUT2D eigenvalue weighted by Gasteiger charge is 2.35. The number of aliphatic carboxylic acids is 1. The second-order valence-electron chi connectivity index (χ2n) is 7.32. The zero-order valence-electron chi connectivity index (χ0n) is 14.7. The number of furan rings is 1. The summed E-state index contributed by atoms with van der Waals surface area (Å²) in [6.07, 6.45) is 10.1. The third kappa shape index (κ3) is 4.70. The Kier molecular flexibility index (Phi) is 5.81. The largest absolute Gasteiger partial charge is 0.478 e. The van der Waals surface area contributed by atoms with Gasteiger partial charge in [0.2, 0.25) is 0 Å². The summed E-state index contributed by atoms with van der Waals surface area (Å²) < 4.78 is 5.02. The van der Waals surface area contributed by atoms with Crippen LogP contribution in [0.15, 0.2) is 46.3 Å². The molecule has 1 unspecified atom stereocenters. The Morgan fingerprint density at radius 1 is 1.46 bits per heavy atom. The van der Waals surface area contributed by atoms with Gasteiger partial charge in [0, 0.05) is 12.0 Å². The average Bonchev–Trinajstić information content (AvgIpc) is 2.96. The Balaban J connectivity index is 1.99. The minimum Gasteiger partial charge on any atom is -0.478 e. The Morgan fingerprint density at radius 3 is 2.79 bits per heavy atom. The minimum absolute atomic E-state index is 0.115. The summed E-state index contributed by atoms with van der Waals surface area (Å²) in [6.45, 7) is 6.16. The third-order valence-corrected chi connectivity index (χ3v) is 4.89. The molecule has 0 fully saturated rings. The summed E-state index contributed by atoms with van der Waals surface area (Å²) in [5.41, 5.74) is 2.48. The maximum Gasteiger partial charge on any atom is 0.331 e. The normalized spacial score (nSPS) is 20.8. The topological polar surface area (TPSA) is 67.5 Å². The highest BCUT2D eigenvalue weighted by molar-refractivity contribution is 5.92. The van der Waals surface area contributed by atoms with Crippen molar-refractivity contribution in [3.63, 3.8) is 0 Å². The van der Waals surface area contributed by atoms with Crippen LogP contribution in [0.3, 0.4) is 0 Å². The molecule has 4 nitrogen and oxygen atoms in total. The quantitative estimate of drug-likeness (QED) is 0.744. The first-order valence-corrected chi connectivity index (χ1v) is 8.44. The smallest absolute Gasteiger partial charge is 0.331 e. The van der Waals surface area contributed by atoms with Crippen molar-refractivity contribution < 1.29 is 19.1 Å². The zero-order chi connectivity index (χ0) is 17.7. The average molecular weight is 330 g/mol. The molecule has 1 N–H and O–H groups in total. The predicted octanol–water partition coefficient (Wildman–Crippen LogP) is 4.56. The van der Waals surface area contributed by atoms with Gasteiger partial charge in [-0.1, -0.05) is 25.5 Å². The summed E-state index contributed by atoms with van der Waals surface area (Å²) in [6, 6.07) is 1.89. The molecule has 0 aliphatic heterocycles. The Hall–Kier alpha value is -2.10. The maximum absolute atomic E-state index is 11.7. The van der Waals surface area contributed by atoms with Crippen LogP contribution in [0.2, 0.25) is 0 Å². The number of hydrogen-bond acceptors (Lipinski definition) is 3. The van der Waals surface area contributed by atoms with Gasteiger partial charge in [-0.15, -0.1) is 0 Å². The van der Waals surface area contributed by atoms with E-state index in [4.69, 9.17) is 4.42 Å². The molecule has 2 rings (SSSR count). The van der Waals surface area contributed by atoms with Gasteiger partial charge < -0.3 is 9.52 Å². The number of hydrogen-bond donors (Lipinski definition) is 1. The molecule has 0 saturated carbocycles. The van der Waals surface area contributed by atoms with E-state index in [2.05, 4.69) is 13.8 Å². The van der Waals surface area contributed by atoms with Crippen molar-refractivity contribution in [3.8, 4) is 0 Å². The van der Waals surface area contributed by atoms with Gasteiger partial charge in [0.1, 0.15) is 0 Å². The highest BCUT2D eigenvalue weighted by atomic mass is 16.4. The maximum atomic E-state index is 11.7. The molecule has 1 atom stereocenters. The van der Waals surface area contributed by atoms with Crippen LogP contribution in [0.5, 0.6) is 0 Å². The number of rotatable bonds is 7. The SMILES string of the molecule is CC1=CC(=O)CC(C)(C)C1CCC(=CCCc1ccoc1)C(=O)O. The fraction of sp³-hybridized carbons (Fsp3) is 0.500. The van der Waals surface area contributed by atoms with Crippen molar-refractivity contribution in [3.05, 3.63) is 47.5 Å². The number of carboxylic acids is 1. The van der Waals surface area contributed by atoms with Gasteiger partial charge >= 0.3 is 5.97 Å². The Morgan fingerprint density at radius 2 is 2.21 bits per heavy atom. The van der Waals surface area contributed by atoms with E-state index in [0.717, 1.165) is 24.0 Å². The van der Waals surface area contributed by atoms with E-state index < -0.39 is 5.97 Å². The predicted molar refractivity (Wildman–Crippen MR) is 92.6 cm³/mol. The second-order valence-corrected chi connectivity index (χ2v) is 7.32. The standard InChI is InChI=1S/C20H26O4/c1-14-11-17(21)12-20(2,3)18(14)8-7-16(19(22)23)6-4-5-15-9-10-24-13-15/h6,9-11,13,18H,4-5,7-8,12H2,1-3H3,(H,22,23). The van der Waals surface area contributed by atoms with Crippen LogP contribution in [0.1, 0.15) is 52.0 Å². The van der Waals surface area contributed by atoms with Gasteiger partial charge in [0.05, 0.1) is 12.5 Å². The van der Waals surface area contributed by atoms with Crippen molar-refractivity contribution in [2.24, 2.45) is 11.3 Å². The molecule has 0 saturated heterocycles. The van der Waals surface area contributed by atoms with Crippen LogP contribution in [-0.4, -0.2) is 16.9 Å². The summed E-state index contributed by atoms with van der Waals surface area (Å²) in [5.74, 6) is -0.441. The molecule has 1 aromatic rings. The summed E-state index contributed by atoms with van der Waals surface area (Å²) in [7, 11) is 0. The molecule has 130 valence electrons. The van der Waals surface area contributed by atoms with E-state index in [9.17, 15) is 14.7 Å². The lowest BCUT2D eigenvalue weighted by Crippen LogP contribution is -2.32. The fourth-order valence-electron chi connectivity index (χ4n) is 3.66. The molecule has 24 heavy (non-hydrogen) atoms. The van der Waals surface area contributed by atoms with Crippen LogP contribution < -0.4 is 0 Å². The van der Waals surface area contributed by atoms with Crippen LogP contribution in [0.4, 0.5) is 0 Å². The summed E-state index contributed by atoms with van der Waals surface area (Å²) >= 11 is 0. The van der Waals surface area contributed by atoms with Crippen molar-refractivity contribution in [2.75, 3.05) is 0 Å². The number of allylic oxidation sites excluding steroid dienone is 3. The third-order valence-electron chi connectivity index (χ3n) is 4.89. The first kappa shape index (κ1) is 18.2. The molecular weight excluding hydrogens is 304 g/mol. The van der Waals surface area contributed by atoms with Crippen LogP contribution >= 0.6 is 0 Å². The Labute approximate surface area is 143 Å². The molecule has 0 aromatic carbocycles. The molecular formula is C20H26O4. The van der Waals surface area contributed by atoms with Crippen LogP contribution in [0, 0.1) is 11.3 Å². The van der Waals surface area contributed by atoms with E-state index >= 15 is 0 Å². The first-order valence-electron chi connectivity index (χ1n) is 8.44. The molecule has 0 bridgehead atoms. The van der Waals surface area contributed by atoms with Gasteiger partial charge in [-0.2, -0.15) is 0 Å². The van der Waals surface area contributed by atoms with E-state index in [-0.39, 0.29) is 17.1 Å². The molecule has 1 heterocycles. The van der Waals surface area contributed by atoms with E-state index in [1.165, 1.54) is 0 Å². The minimum atomic E-state index is -0.853. The molecule has 1 aliphatic carbocycles. The monoisotopic (exact) mass is 330 g/mol. The van der Waals surface area contributed by atoms with Crippen LogP contribution in [-0.2, 0) is 16.0 Å². The van der Waals surface area contributed by atoms with E-state index in [1.807, 2.05) is 19.1 Å². The molecule has 4 heteroatoms. The number of carboxylic acid groups (broad SMARTS) is 1. The molecule has 0 spiro atoms. The first-order chi connectivity index (χ1) is 11.3. The molecule has 1 aromatic heterocycles.